The molecule has 1 heterocycles. The van der Waals surface area contributed by atoms with E-state index in [1.54, 1.807) is 17.0 Å². The van der Waals surface area contributed by atoms with Crippen molar-refractivity contribution < 1.29 is 29.2 Å². The fourth-order valence-corrected chi connectivity index (χ4v) is 2.86. The Morgan fingerprint density at radius 1 is 1.12 bits per heavy atom. The van der Waals surface area contributed by atoms with Gasteiger partial charge in [-0.3, -0.25) is 24.5 Å². The highest BCUT2D eigenvalue weighted by Gasteiger charge is 2.23. The fraction of sp³-hybridized carbons (Fsp3) is 0.200. The number of nitrogens with zero attached hydrogens (tertiary/aromatic N) is 3. The highest BCUT2D eigenvalue weighted by atomic mass is 16.6. The number of phenolic OH excluding ortho intramolecular Hbond substituents is 1. The van der Waals surface area contributed by atoms with E-state index >= 15 is 0 Å². The van der Waals surface area contributed by atoms with E-state index in [-0.39, 0.29) is 34.2 Å². The van der Waals surface area contributed by atoms with E-state index < -0.39 is 16.7 Å². The number of non-ortho nitro benzene ring substituents is 1. The van der Waals surface area contributed by atoms with Crippen LogP contribution in [0.15, 0.2) is 47.6 Å². The van der Waals surface area contributed by atoms with Crippen LogP contribution < -0.4 is 10.7 Å². The lowest BCUT2D eigenvalue weighted by atomic mass is 10.1. The molecule has 2 aromatic rings. The number of carbonyl (C=O) groups is 3. The van der Waals surface area contributed by atoms with Crippen molar-refractivity contribution in [3.63, 3.8) is 0 Å². The molecule has 0 saturated carbocycles. The molecule has 3 N–H and O–H groups in total. The second kappa shape index (κ2) is 10.1. The Bertz CT molecular complexity index is 1080. The van der Waals surface area contributed by atoms with Gasteiger partial charge in [-0.2, -0.15) is 5.10 Å². The zero-order valence-electron chi connectivity index (χ0n) is 16.7. The number of hydrazone groups is 1. The van der Waals surface area contributed by atoms with E-state index in [4.69, 9.17) is 4.74 Å². The predicted octanol–water partition coefficient (Wildman–Crippen LogP) is 0.862. The first-order valence-electron chi connectivity index (χ1n) is 9.44. The molecule has 0 aliphatic carbocycles. The number of rotatable bonds is 5. The van der Waals surface area contributed by atoms with Crippen molar-refractivity contribution >= 4 is 35.3 Å². The second-order valence-electron chi connectivity index (χ2n) is 6.60. The summed E-state index contributed by atoms with van der Waals surface area (Å²) >= 11 is 0. The standard InChI is InChI=1S/C20H19N5O7/c26-17-6-5-14(25(30)31)11-13(17)12-21-23-19(28)18(27)22-16-4-2-1-3-15(16)20(29)24-7-9-32-10-8-24/h1-6,11-12,26H,7-10H2,(H,22,27)(H,23,28)/b21-12+. The first kappa shape index (κ1) is 22.4. The van der Waals surface area contributed by atoms with E-state index in [0.717, 1.165) is 24.4 Å². The van der Waals surface area contributed by atoms with Gasteiger partial charge in [0.2, 0.25) is 0 Å². The van der Waals surface area contributed by atoms with Gasteiger partial charge in [-0.25, -0.2) is 5.43 Å². The van der Waals surface area contributed by atoms with Crippen molar-refractivity contribution in [1.82, 2.24) is 10.3 Å². The van der Waals surface area contributed by atoms with E-state index in [0.29, 0.717) is 26.3 Å². The van der Waals surface area contributed by atoms with Crippen LogP contribution in [0, 0.1) is 10.1 Å². The quantitative estimate of drug-likeness (QED) is 0.268. The van der Waals surface area contributed by atoms with Gasteiger partial charge < -0.3 is 20.1 Å². The summed E-state index contributed by atoms with van der Waals surface area (Å²) in [6.45, 7) is 1.67. The van der Waals surface area contributed by atoms with Crippen molar-refractivity contribution in [2.45, 2.75) is 0 Å². The highest BCUT2D eigenvalue weighted by Crippen LogP contribution is 2.21. The third-order valence-electron chi connectivity index (χ3n) is 4.50. The molecule has 0 spiro atoms. The summed E-state index contributed by atoms with van der Waals surface area (Å²) in [5.41, 5.74) is 2.04. The lowest BCUT2D eigenvalue weighted by molar-refractivity contribution is -0.384. The molecule has 3 rings (SSSR count). The van der Waals surface area contributed by atoms with Crippen LogP contribution in [0.5, 0.6) is 5.75 Å². The first-order valence-corrected chi connectivity index (χ1v) is 9.44. The molecule has 0 unspecified atom stereocenters. The Balaban J connectivity index is 1.65. The number of ether oxygens (including phenoxy) is 1. The van der Waals surface area contributed by atoms with Crippen LogP contribution in [-0.2, 0) is 14.3 Å². The maximum Gasteiger partial charge on any atom is 0.329 e. The van der Waals surface area contributed by atoms with Gasteiger partial charge in [-0.15, -0.1) is 0 Å². The zero-order chi connectivity index (χ0) is 23.1. The summed E-state index contributed by atoms with van der Waals surface area (Å²) in [6.07, 6.45) is 0.962. The van der Waals surface area contributed by atoms with E-state index in [9.17, 15) is 29.6 Å². The van der Waals surface area contributed by atoms with Crippen LogP contribution in [0.3, 0.4) is 0 Å². The second-order valence-corrected chi connectivity index (χ2v) is 6.60. The maximum atomic E-state index is 12.7. The molecule has 1 fully saturated rings. The van der Waals surface area contributed by atoms with Crippen LogP contribution in [-0.4, -0.2) is 65.2 Å². The minimum absolute atomic E-state index is 0.0265. The van der Waals surface area contributed by atoms with E-state index in [2.05, 4.69) is 10.4 Å². The summed E-state index contributed by atoms with van der Waals surface area (Å²) in [5.74, 6) is -2.81. The number of nitro groups is 1. The number of hydrogen-bond acceptors (Lipinski definition) is 8. The van der Waals surface area contributed by atoms with Crippen LogP contribution in [0.2, 0.25) is 0 Å². The topological polar surface area (TPSA) is 163 Å². The summed E-state index contributed by atoms with van der Waals surface area (Å²) in [7, 11) is 0. The van der Waals surface area contributed by atoms with Gasteiger partial charge >= 0.3 is 11.8 Å². The molecule has 1 aliphatic heterocycles. The van der Waals surface area contributed by atoms with Gasteiger partial charge in [0, 0.05) is 30.8 Å². The number of amides is 3. The van der Waals surface area contributed by atoms with Gasteiger partial charge in [-0.1, -0.05) is 12.1 Å². The third-order valence-corrected chi connectivity index (χ3v) is 4.50. The van der Waals surface area contributed by atoms with Crippen LogP contribution in [0.1, 0.15) is 15.9 Å². The molecule has 0 radical (unpaired) electrons. The Morgan fingerprint density at radius 2 is 1.84 bits per heavy atom. The number of phenols is 1. The minimum atomic E-state index is -1.14. The summed E-state index contributed by atoms with van der Waals surface area (Å²) in [4.78, 5) is 48.8. The normalized spacial score (nSPS) is 13.6. The average Bonchev–Trinajstić information content (AvgIpc) is 2.80. The van der Waals surface area contributed by atoms with Gasteiger partial charge in [0.25, 0.3) is 11.6 Å². The lowest BCUT2D eigenvalue weighted by Crippen LogP contribution is -2.41. The number of hydrogen-bond donors (Lipinski definition) is 3. The van der Waals surface area contributed by atoms with Gasteiger partial charge in [0.15, 0.2) is 0 Å². The van der Waals surface area contributed by atoms with Crippen LogP contribution in [0.4, 0.5) is 11.4 Å². The number of anilines is 1. The number of benzene rings is 2. The molecule has 12 nitrogen and oxygen atoms in total. The lowest BCUT2D eigenvalue weighted by Gasteiger charge is -2.27. The summed E-state index contributed by atoms with van der Waals surface area (Å²) < 4.78 is 5.23. The highest BCUT2D eigenvalue weighted by molar-refractivity contribution is 6.40. The molecule has 166 valence electrons. The number of nitrogens with one attached hydrogen (secondary N) is 2. The van der Waals surface area contributed by atoms with Crippen LogP contribution in [0.25, 0.3) is 0 Å². The van der Waals surface area contributed by atoms with E-state index in [1.807, 2.05) is 5.43 Å². The Kier molecular flexibility index (Phi) is 7.08. The molecular weight excluding hydrogens is 422 g/mol. The Morgan fingerprint density at radius 3 is 2.56 bits per heavy atom. The van der Waals surface area contributed by atoms with Gasteiger partial charge in [0.05, 0.1) is 35.6 Å². The summed E-state index contributed by atoms with van der Waals surface area (Å²) in [5, 5.41) is 26.4. The van der Waals surface area contributed by atoms with Crippen molar-refractivity contribution in [2.24, 2.45) is 5.10 Å². The minimum Gasteiger partial charge on any atom is -0.507 e. The molecule has 32 heavy (non-hydrogen) atoms. The Hall–Kier alpha value is -4.32. The Labute approximate surface area is 181 Å². The molecule has 0 bridgehead atoms. The van der Waals surface area contributed by atoms with Gasteiger partial charge in [0.1, 0.15) is 5.75 Å². The molecule has 3 amide bonds. The molecule has 1 aliphatic rings. The molecule has 2 aromatic carbocycles. The van der Waals surface area contributed by atoms with Crippen molar-refractivity contribution in [2.75, 3.05) is 31.6 Å². The number of para-hydroxylation sites is 1. The molecule has 0 aromatic heterocycles. The molecule has 1 saturated heterocycles. The molecular formula is C20H19N5O7. The fourth-order valence-electron chi connectivity index (χ4n) is 2.86. The smallest absolute Gasteiger partial charge is 0.329 e. The third kappa shape index (κ3) is 5.43. The first-order chi connectivity index (χ1) is 15.4. The maximum absolute atomic E-state index is 12.7. The number of nitro benzene ring substituents is 1. The predicted molar refractivity (Wildman–Crippen MR) is 112 cm³/mol. The number of morpholine rings is 1. The monoisotopic (exact) mass is 441 g/mol. The van der Waals surface area contributed by atoms with Crippen LogP contribution >= 0.6 is 0 Å². The van der Waals surface area contributed by atoms with Crippen molar-refractivity contribution in [1.29, 1.82) is 0 Å². The number of aromatic hydroxyl groups is 1. The molecule has 12 heteroatoms. The van der Waals surface area contributed by atoms with E-state index in [1.165, 1.54) is 12.1 Å². The SMILES string of the molecule is O=C(N/N=C/c1cc([N+](=O)[O-])ccc1O)C(=O)Nc1ccccc1C(=O)N1CCOCC1. The van der Waals surface area contributed by atoms with Crippen molar-refractivity contribution in [3.05, 3.63) is 63.7 Å². The van der Waals surface area contributed by atoms with Gasteiger partial charge in [-0.05, 0) is 18.2 Å². The molecule has 0 atom stereocenters. The number of carbonyl (C=O) groups excluding carboxylic acids is 3. The average molecular weight is 441 g/mol. The largest absolute Gasteiger partial charge is 0.507 e. The zero-order valence-corrected chi connectivity index (χ0v) is 16.7. The van der Waals surface area contributed by atoms with Crippen molar-refractivity contribution in [3.8, 4) is 5.75 Å². The summed E-state index contributed by atoms with van der Waals surface area (Å²) in [6, 6.07) is 9.53.